The number of hydrogen-bond acceptors (Lipinski definition) is 2. The topological polar surface area (TPSA) is 43.8 Å². The third kappa shape index (κ3) is 2.04. The van der Waals surface area contributed by atoms with E-state index in [9.17, 15) is 4.39 Å². The summed E-state index contributed by atoms with van der Waals surface area (Å²) in [5.41, 5.74) is 8.65. The molecule has 1 aromatic carbocycles. The van der Waals surface area contributed by atoms with E-state index in [4.69, 9.17) is 5.73 Å². The molecule has 1 aliphatic carbocycles. The molecule has 0 radical (unpaired) electrons. The van der Waals surface area contributed by atoms with Crippen LogP contribution in [-0.2, 0) is 0 Å². The predicted octanol–water partition coefficient (Wildman–Crippen LogP) is 2.91. The van der Waals surface area contributed by atoms with Crippen molar-refractivity contribution in [3.63, 3.8) is 0 Å². The molecule has 94 valence electrons. The van der Waals surface area contributed by atoms with Crippen molar-refractivity contribution in [3.8, 4) is 5.69 Å². The average Bonchev–Trinajstić information content (AvgIpc) is 3.08. The van der Waals surface area contributed by atoms with Crippen LogP contribution in [0.3, 0.4) is 0 Å². The van der Waals surface area contributed by atoms with Gasteiger partial charge in [-0.25, -0.2) is 9.07 Å². The Labute approximate surface area is 105 Å². The zero-order valence-electron chi connectivity index (χ0n) is 10.3. The zero-order valence-corrected chi connectivity index (χ0v) is 10.3. The highest BCUT2D eigenvalue weighted by atomic mass is 19.1. The van der Waals surface area contributed by atoms with Crippen molar-refractivity contribution >= 4 is 0 Å². The summed E-state index contributed by atoms with van der Waals surface area (Å²) in [4.78, 5) is 0. The molecule has 4 heteroatoms. The monoisotopic (exact) mass is 245 g/mol. The summed E-state index contributed by atoms with van der Waals surface area (Å²) < 4.78 is 15.1. The fourth-order valence-corrected chi connectivity index (χ4v) is 2.17. The van der Waals surface area contributed by atoms with Crippen molar-refractivity contribution in [2.45, 2.75) is 31.7 Å². The lowest BCUT2D eigenvalue weighted by molar-refractivity contribution is 0.620. The van der Waals surface area contributed by atoms with E-state index >= 15 is 0 Å². The molecule has 1 atom stereocenters. The van der Waals surface area contributed by atoms with Gasteiger partial charge in [0.1, 0.15) is 5.82 Å². The molecule has 3 nitrogen and oxygen atoms in total. The third-order valence-corrected chi connectivity index (χ3v) is 3.33. The largest absolute Gasteiger partial charge is 0.324 e. The Bertz CT molecular complexity index is 570. The first-order valence-corrected chi connectivity index (χ1v) is 6.26. The summed E-state index contributed by atoms with van der Waals surface area (Å²) in [5, 5.41) is 4.55. The number of hydrogen-bond donors (Lipinski definition) is 1. The number of aromatic nitrogens is 2. The van der Waals surface area contributed by atoms with Crippen molar-refractivity contribution in [1.29, 1.82) is 0 Å². The van der Waals surface area contributed by atoms with Crippen LogP contribution >= 0.6 is 0 Å². The Balaban J connectivity index is 2.03. The number of nitrogens with two attached hydrogens (primary N) is 1. The molecule has 3 rings (SSSR count). The van der Waals surface area contributed by atoms with E-state index in [1.54, 1.807) is 10.7 Å². The smallest absolute Gasteiger partial charge is 0.123 e. The standard InChI is InChI=1S/C14H16FN3/c1-9(16)12-8-11(15)4-5-14(12)18-7-6-13(17-18)10-2-3-10/h4-10H,2-3,16H2,1H3/t9-/m0/s1. The minimum Gasteiger partial charge on any atom is -0.324 e. The molecular formula is C14H16FN3. The molecule has 1 heterocycles. The van der Waals surface area contributed by atoms with Gasteiger partial charge in [-0.3, -0.25) is 0 Å². The van der Waals surface area contributed by atoms with Crippen LogP contribution in [0.1, 0.15) is 43.0 Å². The van der Waals surface area contributed by atoms with Crippen LogP contribution in [0.4, 0.5) is 4.39 Å². The summed E-state index contributed by atoms with van der Waals surface area (Å²) in [6, 6.07) is 6.48. The fourth-order valence-electron chi connectivity index (χ4n) is 2.17. The Morgan fingerprint density at radius 1 is 1.39 bits per heavy atom. The molecule has 2 aromatic rings. The first kappa shape index (κ1) is 11.4. The first-order chi connectivity index (χ1) is 8.65. The van der Waals surface area contributed by atoms with E-state index in [0.717, 1.165) is 16.9 Å². The van der Waals surface area contributed by atoms with Crippen molar-refractivity contribution in [1.82, 2.24) is 9.78 Å². The quantitative estimate of drug-likeness (QED) is 0.903. The van der Waals surface area contributed by atoms with Crippen LogP contribution in [-0.4, -0.2) is 9.78 Å². The van der Waals surface area contributed by atoms with Gasteiger partial charge in [-0.15, -0.1) is 0 Å². The molecule has 0 bridgehead atoms. The lowest BCUT2D eigenvalue weighted by atomic mass is 10.1. The van der Waals surface area contributed by atoms with E-state index in [2.05, 4.69) is 5.10 Å². The molecule has 18 heavy (non-hydrogen) atoms. The highest BCUT2D eigenvalue weighted by molar-refractivity contribution is 5.42. The van der Waals surface area contributed by atoms with E-state index in [-0.39, 0.29) is 11.9 Å². The number of rotatable bonds is 3. The maximum absolute atomic E-state index is 13.3. The summed E-state index contributed by atoms with van der Waals surface area (Å²) in [7, 11) is 0. The number of nitrogens with zero attached hydrogens (tertiary/aromatic N) is 2. The minimum atomic E-state index is -0.263. The SMILES string of the molecule is C[C@H](N)c1cc(F)ccc1-n1ccc(C2CC2)n1. The molecule has 1 aliphatic rings. The average molecular weight is 245 g/mol. The van der Waals surface area contributed by atoms with Gasteiger partial charge in [0.2, 0.25) is 0 Å². The normalized spacial score (nSPS) is 16.8. The second-order valence-corrected chi connectivity index (χ2v) is 4.95. The van der Waals surface area contributed by atoms with E-state index in [1.807, 2.05) is 19.2 Å². The molecular weight excluding hydrogens is 229 g/mol. The highest BCUT2D eigenvalue weighted by Crippen LogP contribution is 2.39. The Hall–Kier alpha value is -1.68. The number of halogens is 1. The molecule has 1 saturated carbocycles. The van der Waals surface area contributed by atoms with Crippen LogP contribution in [0.25, 0.3) is 5.69 Å². The maximum atomic E-state index is 13.3. The van der Waals surface area contributed by atoms with Crippen LogP contribution in [0.15, 0.2) is 30.5 Å². The fraction of sp³-hybridized carbons (Fsp3) is 0.357. The van der Waals surface area contributed by atoms with Crippen molar-refractivity contribution in [3.05, 3.63) is 47.5 Å². The number of benzene rings is 1. The Kier molecular flexibility index (Phi) is 2.67. The molecule has 2 N–H and O–H groups in total. The summed E-state index contributed by atoms with van der Waals surface area (Å²) in [6.45, 7) is 1.85. The van der Waals surface area contributed by atoms with Gasteiger partial charge in [-0.1, -0.05) is 0 Å². The first-order valence-electron chi connectivity index (χ1n) is 6.26. The molecule has 1 fully saturated rings. The maximum Gasteiger partial charge on any atom is 0.123 e. The van der Waals surface area contributed by atoms with Gasteiger partial charge in [0.25, 0.3) is 0 Å². The molecule has 1 aromatic heterocycles. The molecule has 0 unspecified atom stereocenters. The summed E-state index contributed by atoms with van der Waals surface area (Å²) in [5.74, 6) is 0.353. The zero-order chi connectivity index (χ0) is 12.7. The Morgan fingerprint density at radius 3 is 2.83 bits per heavy atom. The van der Waals surface area contributed by atoms with E-state index in [1.165, 1.54) is 25.0 Å². The highest BCUT2D eigenvalue weighted by Gasteiger charge is 2.26. The summed E-state index contributed by atoms with van der Waals surface area (Å²) >= 11 is 0. The van der Waals surface area contributed by atoms with Gasteiger partial charge in [0, 0.05) is 18.2 Å². The van der Waals surface area contributed by atoms with Gasteiger partial charge in [0.15, 0.2) is 0 Å². The van der Waals surface area contributed by atoms with Crippen LogP contribution < -0.4 is 5.73 Å². The molecule has 0 aliphatic heterocycles. The van der Waals surface area contributed by atoms with Gasteiger partial charge in [0.05, 0.1) is 11.4 Å². The second kappa shape index (κ2) is 4.21. The van der Waals surface area contributed by atoms with E-state index in [0.29, 0.717) is 5.92 Å². The lowest BCUT2D eigenvalue weighted by Gasteiger charge is -2.12. The van der Waals surface area contributed by atoms with Crippen molar-refractivity contribution < 1.29 is 4.39 Å². The predicted molar refractivity (Wildman–Crippen MR) is 68.1 cm³/mol. The lowest BCUT2D eigenvalue weighted by Crippen LogP contribution is -2.10. The van der Waals surface area contributed by atoms with Gasteiger partial charge in [-0.2, -0.15) is 5.10 Å². The molecule has 0 amide bonds. The van der Waals surface area contributed by atoms with Crippen LogP contribution in [0, 0.1) is 5.82 Å². The summed E-state index contributed by atoms with van der Waals surface area (Å²) in [6.07, 6.45) is 4.37. The van der Waals surface area contributed by atoms with Crippen LogP contribution in [0.2, 0.25) is 0 Å². The third-order valence-electron chi connectivity index (χ3n) is 3.33. The second-order valence-electron chi connectivity index (χ2n) is 4.95. The van der Waals surface area contributed by atoms with Crippen molar-refractivity contribution in [2.75, 3.05) is 0 Å². The van der Waals surface area contributed by atoms with Gasteiger partial charge < -0.3 is 5.73 Å². The van der Waals surface area contributed by atoms with Gasteiger partial charge in [-0.05, 0) is 49.6 Å². The Morgan fingerprint density at radius 2 is 2.17 bits per heavy atom. The molecule has 0 spiro atoms. The van der Waals surface area contributed by atoms with Crippen LogP contribution in [0.5, 0.6) is 0 Å². The van der Waals surface area contributed by atoms with Gasteiger partial charge >= 0.3 is 0 Å². The minimum absolute atomic E-state index is 0.218. The van der Waals surface area contributed by atoms with E-state index < -0.39 is 0 Å². The molecule has 0 saturated heterocycles. The van der Waals surface area contributed by atoms with Crippen molar-refractivity contribution in [2.24, 2.45) is 5.73 Å².